The molecule has 16 heavy (non-hydrogen) atoms. The fourth-order valence-corrected chi connectivity index (χ4v) is 3.87. The standard InChI is InChI=1S/C13H18BrNS/c1-10(13-12(14)7-9-16-13)15-8-6-11-4-2-3-5-11/h4,7,9-10,15H,2-3,5-6,8H2,1H3. The van der Waals surface area contributed by atoms with Gasteiger partial charge < -0.3 is 5.32 Å². The zero-order valence-electron chi connectivity index (χ0n) is 9.63. The third-order valence-corrected chi connectivity index (χ3v) is 5.12. The van der Waals surface area contributed by atoms with Crippen LogP contribution in [-0.2, 0) is 0 Å². The average Bonchev–Trinajstić information content (AvgIpc) is 2.88. The summed E-state index contributed by atoms with van der Waals surface area (Å²) in [7, 11) is 0. The fourth-order valence-electron chi connectivity index (χ4n) is 2.12. The Hall–Kier alpha value is -0.120. The van der Waals surface area contributed by atoms with E-state index in [1.54, 1.807) is 5.57 Å². The number of rotatable bonds is 5. The first-order valence-electron chi connectivity index (χ1n) is 5.91. The van der Waals surface area contributed by atoms with Gasteiger partial charge in [-0.15, -0.1) is 11.3 Å². The van der Waals surface area contributed by atoms with Crippen molar-refractivity contribution in [1.82, 2.24) is 5.32 Å². The maximum absolute atomic E-state index is 3.59. The van der Waals surface area contributed by atoms with Crippen LogP contribution in [0.4, 0.5) is 0 Å². The lowest BCUT2D eigenvalue weighted by atomic mass is 10.1. The van der Waals surface area contributed by atoms with Crippen molar-refractivity contribution in [2.75, 3.05) is 6.54 Å². The van der Waals surface area contributed by atoms with Gasteiger partial charge >= 0.3 is 0 Å². The number of thiophene rings is 1. The summed E-state index contributed by atoms with van der Waals surface area (Å²) in [5.74, 6) is 0. The van der Waals surface area contributed by atoms with Crippen LogP contribution < -0.4 is 5.32 Å². The molecule has 1 aliphatic carbocycles. The Morgan fingerprint density at radius 2 is 2.44 bits per heavy atom. The van der Waals surface area contributed by atoms with Crippen molar-refractivity contribution < 1.29 is 0 Å². The third kappa shape index (κ3) is 3.19. The smallest absolute Gasteiger partial charge is 0.0397 e. The fraction of sp³-hybridized carbons (Fsp3) is 0.538. The molecule has 0 aromatic carbocycles. The zero-order valence-corrected chi connectivity index (χ0v) is 12.0. The second-order valence-electron chi connectivity index (χ2n) is 4.31. The highest BCUT2D eigenvalue weighted by Gasteiger charge is 2.10. The first kappa shape index (κ1) is 12.3. The topological polar surface area (TPSA) is 12.0 Å². The van der Waals surface area contributed by atoms with Crippen LogP contribution in [-0.4, -0.2) is 6.54 Å². The highest BCUT2D eigenvalue weighted by molar-refractivity contribution is 9.10. The van der Waals surface area contributed by atoms with Crippen molar-refractivity contribution >= 4 is 27.3 Å². The highest BCUT2D eigenvalue weighted by Crippen LogP contribution is 2.29. The molecule has 1 N–H and O–H groups in total. The molecule has 0 fully saturated rings. The number of hydrogen-bond acceptors (Lipinski definition) is 2. The molecule has 0 radical (unpaired) electrons. The second-order valence-corrected chi connectivity index (χ2v) is 6.12. The molecule has 1 aromatic heterocycles. The van der Waals surface area contributed by atoms with Crippen molar-refractivity contribution in [3.05, 3.63) is 32.4 Å². The van der Waals surface area contributed by atoms with Crippen molar-refractivity contribution in [2.45, 2.75) is 38.6 Å². The minimum Gasteiger partial charge on any atom is -0.309 e. The maximum atomic E-state index is 3.59. The Bertz CT molecular complexity index is 370. The van der Waals surface area contributed by atoms with Crippen molar-refractivity contribution in [3.63, 3.8) is 0 Å². The minimum absolute atomic E-state index is 0.455. The maximum Gasteiger partial charge on any atom is 0.0397 e. The predicted molar refractivity (Wildman–Crippen MR) is 75.0 cm³/mol. The van der Waals surface area contributed by atoms with Crippen molar-refractivity contribution in [3.8, 4) is 0 Å². The summed E-state index contributed by atoms with van der Waals surface area (Å²) in [6.07, 6.45) is 7.60. The third-order valence-electron chi connectivity index (χ3n) is 3.07. The average molecular weight is 300 g/mol. The van der Waals surface area contributed by atoms with E-state index in [4.69, 9.17) is 0 Å². The molecule has 3 heteroatoms. The summed E-state index contributed by atoms with van der Waals surface area (Å²) >= 11 is 5.40. The van der Waals surface area contributed by atoms with E-state index in [0.717, 1.165) is 6.54 Å². The van der Waals surface area contributed by atoms with E-state index >= 15 is 0 Å². The number of hydrogen-bond donors (Lipinski definition) is 1. The summed E-state index contributed by atoms with van der Waals surface area (Å²) in [6, 6.07) is 2.58. The quantitative estimate of drug-likeness (QED) is 0.780. The Morgan fingerprint density at radius 1 is 1.56 bits per heavy atom. The molecule has 0 saturated heterocycles. The predicted octanol–water partition coefficient (Wildman–Crippen LogP) is 4.66. The van der Waals surface area contributed by atoms with E-state index in [1.165, 1.54) is 35.0 Å². The van der Waals surface area contributed by atoms with E-state index < -0.39 is 0 Å². The summed E-state index contributed by atoms with van der Waals surface area (Å²) < 4.78 is 1.23. The van der Waals surface area contributed by atoms with Gasteiger partial charge in [0, 0.05) is 15.4 Å². The van der Waals surface area contributed by atoms with E-state index in [2.05, 4.69) is 45.7 Å². The lowest BCUT2D eigenvalue weighted by Crippen LogP contribution is -2.19. The Kier molecular flexibility index (Phi) is 4.62. The first-order valence-corrected chi connectivity index (χ1v) is 7.59. The van der Waals surface area contributed by atoms with Gasteiger partial charge in [0.2, 0.25) is 0 Å². The van der Waals surface area contributed by atoms with Gasteiger partial charge in [-0.3, -0.25) is 0 Å². The molecule has 0 saturated carbocycles. The molecular weight excluding hydrogens is 282 g/mol. The van der Waals surface area contributed by atoms with Crippen molar-refractivity contribution in [2.24, 2.45) is 0 Å². The molecule has 1 aliphatic rings. The Morgan fingerprint density at radius 3 is 3.06 bits per heavy atom. The van der Waals surface area contributed by atoms with Gasteiger partial charge in [-0.05, 0) is 66.5 Å². The van der Waals surface area contributed by atoms with E-state index in [-0.39, 0.29) is 0 Å². The lowest BCUT2D eigenvalue weighted by Gasteiger charge is -2.13. The van der Waals surface area contributed by atoms with Crippen LogP contribution in [0.3, 0.4) is 0 Å². The molecule has 1 aromatic rings. The molecule has 0 amide bonds. The van der Waals surface area contributed by atoms with Gasteiger partial charge in [0.05, 0.1) is 0 Å². The molecule has 2 rings (SSSR count). The zero-order chi connectivity index (χ0) is 11.4. The molecule has 1 heterocycles. The minimum atomic E-state index is 0.455. The SMILES string of the molecule is CC(NCCC1=CCCC1)c1sccc1Br. The van der Waals surface area contributed by atoms with Crippen LogP contribution in [0.1, 0.15) is 43.5 Å². The number of allylic oxidation sites excluding steroid dienone is 1. The van der Waals surface area contributed by atoms with E-state index in [0.29, 0.717) is 6.04 Å². The van der Waals surface area contributed by atoms with Crippen LogP contribution in [0, 0.1) is 0 Å². The Balaban J connectivity index is 1.75. The monoisotopic (exact) mass is 299 g/mol. The van der Waals surface area contributed by atoms with Crippen LogP contribution in [0.2, 0.25) is 0 Å². The van der Waals surface area contributed by atoms with E-state index in [9.17, 15) is 0 Å². The summed E-state index contributed by atoms with van der Waals surface area (Å²) in [5, 5.41) is 5.73. The van der Waals surface area contributed by atoms with Gasteiger partial charge in [0.25, 0.3) is 0 Å². The summed E-state index contributed by atoms with van der Waals surface area (Å²) in [6.45, 7) is 3.33. The lowest BCUT2D eigenvalue weighted by molar-refractivity contribution is 0.579. The van der Waals surface area contributed by atoms with Gasteiger partial charge in [0.15, 0.2) is 0 Å². The van der Waals surface area contributed by atoms with Gasteiger partial charge in [0.1, 0.15) is 0 Å². The highest BCUT2D eigenvalue weighted by atomic mass is 79.9. The molecule has 0 aliphatic heterocycles. The summed E-state index contributed by atoms with van der Waals surface area (Å²) in [4.78, 5) is 1.40. The second kappa shape index (κ2) is 5.99. The van der Waals surface area contributed by atoms with Crippen LogP contribution in [0.15, 0.2) is 27.6 Å². The largest absolute Gasteiger partial charge is 0.309 e. The molecule has 1 unspecified atom stereocenters. The molecular formula is C13H18BrNS. The normalized spacial score (nSPS) is 17.5. The summed E-state index contributed by atoms with van der Waals surface area (Å²) in [5.41, 5.74) is 1.64. The van der Waals surface area contributed by atoms with Crippen LogP contribution in [0.25, 0.3) is 0 Å². The van der Waals surface area contributed by atoms with Crippen molar-refractivity contribution in [1.29, 1.82) is 0 Å². The van der Waals surface area contributed by atoms with E-state index in [1.807, 2.05) is 11.3 Å². The first-order chi connectivity index (χ1) is 7.77. The molecule has 1 atom stereocenters. The van der Waals surface area contributed by atoms with Gasteiger partial charge in [-0.25, -0.2) is 0 Å². The van der Waals surface area contributed by atoms with Crippen LogP contribution >= 0.6 is 27.3 Å². The number of halogens is 1. The molecule has 0 bridgehead atoms. The van der Waals surface area contributed by atoms with Gasteiger partial charge in [-0.1, -0.05) is 11.6 Å². The Labute approximate surface area is 110 Å². The molecule has 88 valence electrons. The number of nitrogens with one attached hydrogen (secondary N) is 1. The van der Waals surface area contributed by atoms with Crippen LogP contribution in [0.5, 0.6) is 0 Å². The molecule has 0 spiro atoms. The van der Waals surface area contributed by atoms with Gasteiger partial charge in [-0.2, -0.15) is 0 Å². The molecule has 1 nitrogen and oxygen atoms in total.